The van der Waals surface area contributed by atoms with Crippen molar-refractivity contribution in [1.29, 1.82) is 0 Å². The normalized spacial score (nSPS) is 35.6. The van der Waals surface area contributed by atoms with E-state index in [4.69, 9.17) is 14.6 Å². The summed E-state index contributed by atoms with van der Waals surface area (Å²) in [7, 11) is 0. The molecule has 3 fully saturated rings. The third kappa shape index (κ3) is 3.08. The van der Waals surface area contributed by atoms with Gasteiger partial charge in [0, 0.05) is 50.6 Å². The van der Waals surface area contributed by atoms with E-state index in [1.165, 1.54) is 0 Å². The van der Waals surface area contributed by atoms with E-state index in [9.17, 15) is 9.90 Å². The van der Waals surface area contributed by atoms with Crippen LogP contribution in [0, 0.1) is 11.8 Å². The van der Waals surface area contributed by atoms with E-state index in [0.717, 1.165) is 31.7 Å². The second-order valence-electron chi connectivity index (χ2n) is 7.48. The van der Waals surface area contributed by atoms with Crippen LogP contribution in [0.15, 0.2) is 24.3 Å². The molecule has 4 atom stereocenters. The van der Waals surface area contributed by atoms with Crippen LogP contribution in [0.5, 0.6) is 0 Å². The lowest BCUT2D eigenvalue weighted by Crippen LogP contribution is -2.67. The highest BCUT2D eigenvalue weighted by atomic mass is 16.5. The predicted molar refractivity (Wildman–Crippen MR) is 90.4 cm³/mol. The molecule has 3 saturated heterocycles. The van der Waals surface area contributed by atoms with E-state index in [0.29, 0.717) is 37.8 Å². The maximum absolute atomic E-state index is 11.3. The monoisotopic (exact) mass is 347 g/mol. The van der Waals surface area contributed by atoms with Gasteiger partial charge in [0.25, 0.3) is 0 Å². The molecule has 0 saturated carbocycles. The van der Waals surface area contributed by atoms with Crippen molar-refractivity contribution < 1.29 is 24.5 Å². The van der Waals surface area contributed by atoms with Gasteiger partial charge in [0.1, 0.15) is 0 Å². The van der Waals surface area contributed by atoms with Crippen LogP contribution in [0.1, 0.15) is 28.8 Å². The number of rotatable bonds is 3. The molecule has 25 heavy (non-hydrogen) atoms. The Morgan fingerprint density at radius 2 is 1.96 bits per heavy atom. The summed E-state index contributed by atoms with van der Waals surface area (Å²) in [6.07, 6.45) is 1.61. The molecule has 0 aliphatic carbocycles. The van der Waals surface area contributed by atoms with Gasteiger partial charge in [-0.1, -0.05) is 12.1 Å². The number of likely N-dealkylation sites (tertiary alicyclic amines) is 1. The maximum atomic E-state index is 11.3. The molecule has 0 aromatic heterocycles. The van der Waals surface area contributed by atoms with E-state index >= 15 is 0 Å². The van der Waals surface area contributed by atoms with Crippen LogP contribution in [0.2, 0.25) is 0 Å². The first-order valence-electron chi connectivity index (χ1n) is 9.02. The number of benzene rings is 1. The molecule has 2 N–H and O–H groups in total. The molecule has 0 amide bonds. The molecule has 136 valence electrons. The molecule has 1 aromatic rings. The van der Waals surface area contributed by atoms with Crippen molar-refractivity contribution in [3.63, 3.8) is 0 Å². The number of fused-ring (bicyclic) bond motifs is 3. The van der Waals surface area contributed by atoms with E-state index in [2.05, 4.69) is 4.90 Å². The molecule has 0 unspecified atom stereocenters. The summed E-state index contributed by atoms with van der Waals surface area (Å²) in [5, 5.41) is 20.4. The lowest BCUT2D eigenvalue weighted by Gasteiger charge is -2.57. The fourth-order valence-corrected chi connectivity index (χ4v) is 4.74. The highest BCUT2D eigenvalue weighted by molar-refractivity contribution is 5.87. The topological polar surface area (TPSA) is 79.2 Å². The Bertz CT molecular complexity index is 633. The lowest BCUT2D eigenvalue weighted by atomic mass is 9.66. The Hall–Kier alpha value is -1.47. The fraction of sp³-hybridized carbons (Fsp3) is 0.632. The van der Waals surface area contributed by atoms with Crippen LogP contribution in [-0.2, 0) is 16.0 Å². The molecule has 6 nitrogen and oxygen atoms in total. The summed E-state index contributed by atoms with van der Waals surface area (Å²) in [6, 6.07) is 7.38. The molecule has 0 spiro atoms. The maximum Gasteiger partial charge on any atom is 0.335 e. The number of aliphatic hydroxyl groups is 1. The zero-order valence-electron chi connectivity index (χ0n) is 14.3. The highest BCUT2D eigenvalue weighted by Crippen LogP contribution is 2.44. The second kappa shape index (κ2) is 6.68. The van der Waals surface area contributed by atoms with Crippen molar-refractivity contribution in [2.75, 3.05) is 33.0 Å². The Balaban J connectivity index is 1.55. The molecular formula is C19H25NO5. The predicted octanol–water partition coefficient (Wildman–Crippen LogP) is 1.37. The minimum absolute atomic E-state index is 0.0995. The third-order valence-corrected chi connectivity index (χ3v) is 6.15. The number of hydrogen-bond acceptors (Lipinski definition) is 5. The van der Waals surface area contributed by atoms with Gasteiger partial charge in [0.15, 0.2) is 0 Å². The average molecular weight is 347 g/mol. The first-order valence-corrected chi connectivity index (χ1v) is 9.02. The van der Waals surface area contributed by atoms with Gasteiger partial charge in [-0.25, -0.2) is 4.79 Å². The van der Waals surface area contributed by atoms with Gasteiger partial charge in [-0.05, 0) is 24.1 Å². The van der Waals surface area contributed by atoms with Gasteiger partial charge >= 0.3 is 5.97 Å². The van der Waals surface area contributed by atoms with Crippen LogP contribution in [0.4, 0.5) is 0 Å². The number of nitrogens with zero attached hydrogens (tertiary/aromatic N) is 1. The largest absolute Gasteiger partial charge is 0.478 e. The SMILES string of the molecule is O=C(O)c1ccc(CN2C[C@@H]3COCC[C@]3(O)[C@H]3COCC[C@H]32)cc1. The van der Waals surface area contributed by atoms with Gasteiger partial charge in [0.2, 0.25) is 0 Å². The second-order valence-corrected chi connectivity index (χ2v) is 7.48. The molecule has 0 radical (unpaired) electrons. The molecular weight excluding hydrogens is 322 g/mol. The molecule has 4 rings (SSSR count). The molecule has 3 heterocycles. The van der Waals surface area contributed by atoms with Gasteiger partial charge in [-0.2, -0.15) is 0 Å². The summed E-state index contributed by atoms with van der Waals surface area (Å²) >= 11 is 0. The van der Waals surface area contributed by atoms with Gasteiger partial charge in [-0.3, -0.25) is 4.90 Å². The molecule has 1 aromatic carbocycles. The van der Waals surface area contributed by atoms with Crippen molar-refractivity contribution in [3.8, 4) is 0 Å². The highest BCUT2D eigenvalue weighted by Gasteiger charge is 2.55. The van der Waals surface area contributed by atoms with Crippen LogP contribution in [0.25, 0.3) is 0 Å². The van der Waals surface area contributed by atoms with Crippen molar-refractivity contribution in [2.45, 2.75) is 31.0 Å². The van der Waals surface area contributed by atoms with Crippen molar-refractivity contribution in [3.05, 3.63) is 35.4 Å². The molecule has 3 aliphatic rings. The minimum atomic E-state index is -0.904. The standard InChI is InChI=1S/C19H25NO5/c21-18(22)14-3-1-13(2-4-14)9-20-10-15-11-25-8-6-19(15,23)16-12-24-7-5-17(16)20/h1-4,15-17,23H,5-12H2,(H,21,22)/t15-,16+,17-,19-/m1/s1. The Kier molecular flexibility index (Phi) is 4.54. The molecule has 3 aliphatic heterocycles. The summed E-state index contributed by atoms with van der Waals surface area (Å²) < 4.78 is 11.3. The van der Waals surface area contributed by atoms with Gasteiger partial charge in [-0.15, -0.1) is 0 Å². The smallest absolute Gasteiger partial charge is 0.335 e. The van der Waals surface area contributed by atoms with Gasteiger partial charge < -0.3 is 19.7 Å². The molecule has 0 bridgehead atoms. The number of carbonyl (C=O) groups is 1. The number of carboxylic acid groups (broad SMARTS) is 1. The van der Waals surface area contributed by atoms with E-state index in [1.807, 2.05) is 12.1 Å². The number of hydrogen-bond donors (Lipinski definition) is 2. The number of piperidine rings is 1. The fourth-order valence-electron chi connectivity index (χ4n) is 4.74. The zero-order valence-corrected chi connectivity index (χ0v) is 14.3. The molecule has 6 heteroatoms. The number of ether oxygens (including phenoxy) is 2. The number of aromatic carboxylic acids is 1. The number of carboxylic acids is 1. The van der Waals surface area contributed by atoms with Crippen LogP contribution >= 0.6 is 0 Å². The van der Waals surface area contributed by atoms with Crippen LogP contribution < -0.4 is 0 Å². The Morgan fingerprint density at radius 3 is 2.72 bits per heavy atom. The van der Waals surface area contributed by atoms with Crippen molar-refractivity contribution in [2.24, 2.45) is 11.8 Å². The van der Waals surface area contributed by atoms with E-state index in [1.54, 1.807) is 12.1 Å². The van der Waals surface area contributed by atoms with E-state index < -0.39 is 11.6 Å². The summed E-state index contributed by atoms with van der Waals surface area (Å²) in [5.41, 5.74) is 0.714. The van der Waals surface area contributed by atoms with Crippen LogP contribution in [-0.4, -0.2) is 65.7 Å². The van der Waals surface area contributed by atoms with Crippen molar-refractivity contribution in [1.82, 2.24) is 4.90 Å². The van der Waals surface area contributed by atoms with Crippen LogP contribution in [0.3, 0.4) is 0 Å². The Labute approximate surface area is 147 Å². The summed E-state index contributed by atoms with van der Waals surface area (Å²) in [5.74, 6) is -0.692. The average Bonchev–Trinajstić information content (AvgIpc) is 2.63. The Morgan fingerprint density at radius 1 is 1.20 bits per heavy atom. The third-order valence-electron chi connectivity index (χ3n) is 6.15. The quantitative estimate of drug-likeness (QED) is 0.860. The van der Waals surface area contributed by atoms with E-state index in [-0.39, 0.29) is 11.8 Å². The van der Waals surface area contributed by atoms with Gasteiger partial charge in [0.05, 0.1) is 24.4 Å². The first-order chi connectivity index (χ1) is 12.1. The lowest BCUT2D eigenvalue weighted by molar-refractivity contribution is -0.221. The van der Waals surface area contributed by atoms with Crippen molar-refractivity contribution >= 4 is 5.97 Å². The summed E-state index contributed by atoms with van der Waals surface area (Å²) in [4.78, 5) is 13.4. The first kappa shape index (κ1) is 17.0. The summed E-state index contributed by atoms with van der Waals surface area (Å²) in [6.45, 7) is 4.10. The zero-order chi connectivity index (χ0) is 17.4. The minimum Gasteiger partial charge on any atom is -0.478 e.